The molecule has 0 N–H and O–H groups in total. The minimum absolute atomic E-state index is 0.147. The van der Waals surface area contributed by atoms with Crippen LogP contribution >= 0.6 is 27.5 Å². The Morgan fingerprint density at radius 2 is 1.94 bits per heavy atom. The van der Waals surface area contributed by atoms with E-state index in [9.17, 15) is 19.2 Å². The van der Waals surface area contributed by atoms with Gasteiger partial charge in [-0.2, -0.15) is 0 Å². The second-order valence-corrected chi connectivity index (χ2v) is 12.0. The Hall–Kier alpha value is -1.34. The summed E-state index contributed by atoms with van der Waals surface area (Å²) in [6.07, 6.45) is 4.77. The van der Waals surface area contributed by atoms with Crippen molar-refractivity contribution < 1.29 is 28.3 Å². The Balaban J connectivity index is 1.85. The molecule has 0 saturated heterocycles. The molecular formula is C26H31BrClFO5. The molecule has 0 aromatic carbocycles. The van der Waals surface area contributed by atoms with Crippen LogP contribution in [0.25, 0.3) is 0 Å². The first-order valence-electron chi connectivity index (χ1n) is 12.0. The average Bonchev–Trinajstić information content (AvgIpc) is 2.97. The van der Waals surface area contributed by atoms with Crippen LogP contribution in [-0.4, -0.2) is 40.5 Å². The van der Waals surface area contributed by atoms with Crippen molar-refractivity contribution in [3.63, 3.8) is 0 Å². The molecule has 4 aliphatic carbocycles. The highest BCUT2D eigenvalue weighted by atomic mass is 79.9. The SMILES string of the molecule is CCCC(=O)O[C@]1(C(=O)CCl)[C@@H](C)C[C@H]2[C@@H]3CCC4=CC(=O)C(Br)=C[C@]4(C)[C@@]3(F)C(=O)C[C@@]21C. The summed E-state index contributed by atoms with van der Waals surface area (Å²) in [5.41, 5.74) is -5.50. The monoisotopic (exact) mass is 556 g/mol. The third-order valence-corrected chi connectivity index (χ3v) is 10.1. The molecule has 34 heavy (non-hydrogen) atoms. The number of carbonyl (C=O) groups excluding carboxylic acids is 4. The summed E-state index contributed by atoms with van der Waals surface area (Å²) in [5.74, 6) is -3.58. The predicted molar refractivity (Wildman–Crippen MR) is 129 cm³/mol. The van der Waals surface area contributed by atoms with Gasteiger partial charge in [-0.1, -0.05) is 32.4 Å². The van der Waals surface area contributed by atoms with Crippen LogP contribution in [0.3, 0.4) is 0 Å². The van der Waals surface area contributed by atoms with Crippen molar-refractivity contribution in [2.45, 2.75) is 77.5 Å². The Labute approximate surface area is 213 Å². The van der Waals surface area contributed by atoms with Gasteiger partial charge in [-0.15, -0.1) is 11.6 Å². The number of alkyl halides is 2. The fourth-order valence-electron chi connectivity index (χ4n) is 7.71. The fourth-order valence-corrected chi connectivity index (χ4v) is 8.49. The normalized spacial score (nSPS) is 43.3. The van der Waals surface area contributed by atoms with Crippen LogP contribution in [0.4, 0.5) is 4.39 Å². The van der Waals surface area contributed by atoms with E-state index in [4.69, 9.17) is 16.3 Å². The summed E-state index contributed by atoms with van der Waals surface area (Å²) in [4.78, 5) is 52.2. The number of fused-ring (bicyclic) bond motifs is 5. The predicted octanol–water partition coefficient (Wildman–Crippen LogP) is 5.42. The third-order valence-electron chi connectivity index (χ3n) is 9.27. The zero-order valence-electron chi connectivity index (χ0n) is 20.0. The average molecular weight is 558 g/mol. The van der Waals surface area contributed by atoms with Crippen molar-refractivity contribution >= 4 is 50.8 Å². The maximum atomic E-state index is 17.3. The molecule has 0 bridgehead atoms. The van der Waals surface area contributed by atoms with E-state index in [0.717, 1.165) is 0 Å². The van der Waals surface area contributed by atoms with Gasteiger partial charge in [-0.05, 0) is 60.5 Å². The van der Waals surface area contributed by atoms with Crippen LogP contribution in [-0.2, 0) is 23.9 Å². The van der Waals surface area contributed by atoms with E-state index in [2.05, 4.69) is 15.9 Å². The summed E-state index contributed by atoms with van der Waals surface area (Å²) in [6, 6.07) is 0. The molecule has 0 aliphatic heterocycles. The van der Waals surface area contributed by atoms with Gasteiger partial charge >= 0.3 is 5.97 Å². The quantitative estimate of drug-likeness (QED) is 0.333. The van der Waals surface area contributed by atoms with Gasteiger partial charge < -0.3 is 4.74 Å². The van der Waals surface area contributed by atoms with Crippen LogP contribution in [0.15, 0.2) is 22.2 Å². The van der Waals surface area contributed by atoms with Crippen molar-refractivity contribution in [1.82, 2.24) is 0 Å². The van der Waals surface area contributed by atoms with Crippen molar-refractivity contribution in [1.29, 1.82) is 0 Å². The second-order valence-electron chi connectivity index (χ2n) is 10.9. The maximum Gasteiger partial charge on any atom is 0.306 e. The van der Waals surface area contributed by atoms with Gasteiger partial charge in [0.25, 0.3) is 0 Å². The smallest absolute Gasteiger partial charge is 0.306 e. The number of esters is 1. The molecule has 5 nitrogen and oxygen atoms in total. The van der Waals surface area contributed by atoms with Gasteiger partial charge in [-0.25, -0.2) is 4.39 Å². The molecule has 186 valence electrons. The molecule has 0 spiro atoms. The highest BCUT2D eigenvalue weighted by molar-refractivity contribution is 9.12. The number of ether oxygens (including phenoxy) is 1. The van der Waals surface area contributed by atoms with Crippen molar-refractivity contribution in [2.75, 3.05) is 5.88 Å². The van der Waals surface area contributed by atoms with Gasteiger partial charge in [0.1, 0.15) is 0 Å². The lowest BCUT2D eigenvalue weighted by Gasteiger charge is -2.60. The van der Waals surface area contributed by atoms with E-state index < -0.39 is 51.5 Å². The van der Waals surface area contributed by atoms with Crippen molar-refractivity contribution in [2.24, 2.45) is 28.6 Å². The topological polar surface area (TPSA) is 77.5 Å². The van der Waals surface area contributed by atoms with Crippen LogP contribution in [0.2, 0.25) is 0 Å². The number of rotatable bonds is 5. The molecular weight excluding hydrogens is 527 g/mol. The van der Waals surface area contributed by atoms with Crippen LogP contribution in [0.5, 0.6) is 0 Å². The largest absolute Gasteiger partial charge is 0.450 e. The van der Waals surface area contributed by atoms with E-state index in [1.807, 2.05) is 13.8 Å². The van der Waals surface area contributed by atoms with Crippen molar-refractivity contribution in [3.05, 3.63) is 22.2 Å². The Kier molecular flexibility index (Phi) is 6.33. The lowest BCUT2D eigenvalue weighted by atomic mass is 9.45. The van der Waals surface area contributed by atoms with E-state index >= 15 is 4.39 Å². The molecule has 0 heterocycles. The van der Waals surface area contributed by atoms with Crippen LogP contribution in [0, 0.1) is 28.6 Å². The molecule has 4 aliphatic rings. The maximum absolute atomic E-state index is 17.3. The summed E-state index contributed by atoms with van der Waals surface area (Å²) in [6.45, 7) is 7.17. The number of hydrogen-bond donors (Lipinski definition) is 0. The second kappa shape index (κ2) is 8.36. The number of carbonyl (C=O) groups is 4. The summed E-state index contributed by atoms with van der Waals surface area (Å²) >= 11 is 9.28. The van der Waals surface area contributed by atoms with Crippen molar-refractivity contribution in [3.8, 4) is 0 Å². The Morgan fingerprint density at radius 1 is 1.26 bits per heavy atom. The Morgan fingerprint density at radius 3 is 2.56 bits per heavy atom. The molecule has 0 aromatic heterocycles. The molecule has 7 atom stereocenters. The highest BCUT2D eigenvalue weighted by Crippen LogP contribution is 2.70. The lowest BCUT2D eigenvalue weighted by molar-refractivity contribution is -0.201. The first-order valence-corrected chi connectivity index (χ1v) is 13.3. The number of Topliss-reactive ketones (excluding diaryl/α,β-unsaturated/α-hetero) is 2. The zero-order chi connectivity index (χ0) is 25.3. The van der Waals surface area contributed by atoms with E-state index in [1.54, 1.807) is 19.9 Å². The molecule has 0 aromatic rings. The van der Waals surface area contributed by atoms with Gasteiger partial charge in [-0.3, -0.25) is 19.2 Å². The third kappa shape index (κ3) is 3.07. The van der Waals surface area contributed by atoms with Gasteiger partial charge in [0.15, 0.2) is 28.6 Å². The molecule has 3 fully saturated rings. The summed E-state index contributed by atoms with van der Waals surface area (Å²) in [5, 5.41) is 0. The van der Waals surface area contributed by atoms with Crippen LogP contribution in [0.1, 0.15) is 66.2 Å². The minimum atomic E-state index is -2.23. The standard InChI is InChI=1S/C26H31BrClFO5/c1-5-6-22(33)34-26(21(32)13-28)14(2)9-17-16-8-7-15-10-19(30)18(27)11-23(15,3)25(16,29)20(31)12-24(17,26)4/h10-11,14,16-17H,5-9,12-13H2,1-4H3/t14-,16-,17-,23-,24-,25-,26-/m0/s1. The molecule has 3 saturated carbocycles. The molecule has 8 heteroatoms. The first-order chi connectivity index (χ1) is 15.8. The first kappa shape index (κ1) is 25.7. The lowest BCUT2D eigenvalue weighted by Crippen LogP contribution is -2.68. The summed E-state index contributed by atoms with van der Waals surface area (Å²) < 4.78 is 23.5. The van der Waals surface area contributed by atoms with E-state index in [-0.39, 0.29) is 34.9 Å². The van der Waals surface area contributed by atoms with Gasteiger partial charge in [0.2, 0.25) is 0 Å². The number of hydrogen-bond acceptors (Lipinski definition) is 5. The van der Waals surface area contributed by atoms with Gasteiger partial charge in [0.05, 0.1) is 10.4 Å². The molecule has 0 amide bonds. The Bertz CT molecular complexity index is 1040. The molecule has 4 rings (SSSR count). The summed E-state index contributed by atoms with van der Waals surface area (Å²) in [7, 11) is 0. The van der Waals surface area contributed by atoms with E-state index in [1.165, 1.54) is 6.08 Å². The van der Waals surface area contributed by atoms with E-state index in [0.29, 0.717) is 31.3 Å². The van der Waals surface area contributed by atoms with Crippen LogP contribution < -0.4 is 0 Å². The van der Waals surface area contributed by atoms with Gasteiger partial charge in [0, 0.05) is 35.5 Å². The zero-order valence-corrected chi connectivity index (χ0v) is 22.4. The molecule has 0 radical (unpaired) electrons. The number of ketones is 3. The fraction of sp³-hybridized carbons (Fsp3) is 0.692. The molecule has 0 unspecified atom stereocenters. The number of halogens is 3. The minimum Gasteiger partial charge on any atom is -0.450 e. The highest BCUT2D eigenvalue weighted by Gasteiger charge is 2.77. The number of allylic oxidation sites excluding steroid dienone is 4.